The summed E-state index contributed by atoms with van der Waals surface area (Å²) in [6.45, 7) is 2.21. The number of anilines is 3. The van der Waals surface area contributed by atoms with Gasteiger partial charge < -0.3 is 26.2 Å². The van der Waals surface area contributed by atoms with Crippen molar-refractivity contribution in [3.63, 3.8) is 0 Å². The fourth-order valence-corrected chi connectivity index (χ4v) is 4.59. The highest BCUT2D eigenvalue weighted by atomic mass is 16.3. The highest BCUT2D eigenvalue weighted by Crippen LogP contribution is 2.35. The lowest BCUT2D eigenvalue weighted by Gasteiger charge is -2.21. The average molecular weight is 498 g/mol. The van der Waals surface area contributed by atoms with Gasteiger partial charge in [0.1, 0.15) is 17.9 Å². The van der Waals surface area contributed by atoms with Gasteiger partial charge in [0.15, 0.2) is 0 Å². The molecule has 1 aliphatic carbocycles. The molecule has 0 radical (unpaired) electrons. The first-order valence-corrected chi connectivity index (χ1v) is 11.9. The van der Waals surface area contributed by atoms with E-state index in [2.05, 4.69) is 36.9 Å². The van der Waals surface area contributed by atoms with Crippen LogP contribution in [0.3, 0.4) is 0 Å². The minimum atomic E-state index is -0.682. The Morgan fingerprint density at radius 1 is 1.27 bits per heavy atom. The van der Waals surface area contributed by atoms with Crippen LogP contribution >= 0.6 is 0 Å². The summed E-state index contributed by atoms with van der Waals surface area (Å²) < 4.78 is 1.74. The molecule has 0 spiro atoms. The maximum Gasteiger partial charge on any atom is 0.256 e. The number of terminal acetylenes is 1. The van der Waals surface area contributed by atoms with E-state index < -0.39 is 18.1 Å². The molecule has 2 aromatic carbocycles. The second-order valence-electron chi connectivity index (χ2n) is 8.88. The van der Waals surface area contributed by atoms with E-state index in [0.717, 1.165) is 33.3 Å². The van der Waals surface area contributed by atoms with Crippen LogP contribution in [0.5, 0.6) is 0 Å². The van der Waals surface area contributed by atoms with E-state index in [1.165, 1.54) is 6.20 Å². The maximum atomic E-state index is 12.8. The van der Waals surface area contributed by atoms with Crippen LogP contribution in [-0.2, 0) is 13.0 Å². The molecule has 188 valence electrons. The monoisotopic (exact) mass is 497 g/mol. The Hall–Kier alpha value is -4.46. The molecule has 2 aromatic heterocycles. The Balaban J connectivity index is 1.50. The molecule has 4 aromatic rings. The Kier molecular flexibility index (Phi) is 6.72. The second kappa shape index (κ2) is 10.3. The lowest BCUT2D eigenvalue weighted by molar-refractivity contribution is 0.0944. The van der Waals surface area contributed by atoms with E-state index in [1.807, 2.05) is 43.3 Å². The predicted molar refractivity (Wildman–Crippen MR) is 141 cm³/mol. The lowest BCUT2D eigenvalue weighted by Crippen LogP contribution is -2.29. The Morgan fingerprint density at radius 2 is 2.11 bits per heavy atom. The summed E-state index contributed by atoms with van der Waals surface area (Å²) in [6.07, 6.45) is 8.49. The summed E-state index contributed by atoms with van der Waals surface area (Å²) in [7, 11) is 0. The van der Waals surface area contributed by atoms with Gasteiger partial charge in [0.2, 0.25) is 5.95 Å². The van der Waals surface area contributed by atoms with Gasteiger partial charge in [-0.15, -0.1) is 6.42 Å². The van der Waals surface area contributed by atoms with Gasteiger partial charge in [0.25, 0.3) is 5.91 Å². The predicted octanol–water partition coefficient (Wildman–Crippen LogP) is 2.30. The average Bonchev–Trinajstić information content (AvgIpc) is 3.42. The van der Waals surface area contributed by atoms with Crippen LogP contribution in [0.15, 0.2) is 48.8 Å². The fourth-order valence-electron chi connectivity index (χ4n) is 4.59. The van der Waals surface area contributed by atoms with Crippen molar-refractivity contribution >= 4 is 34.3 Å². The van der Waals surface area contributed by atoms with Crippen molar-refractivity contribution in [3.05, 3.63) is 71.0 Å². The number of nitrogens with zero attached hydrogens (tertiary/aromatic N) is 4. The van der Waals surface area contributed by atoms with E-state index in [1.54, 1.807) is 10.9 Å². The Morgan fingerprint density at radius 3 is 2.92 bits per heavy atom. The summed E-state index contributed by atoms with van der Waals surface area (Å²) in [4.78, 5) is 21.8. The molecule has 1 aliphatic rings. The van der Waals surface area contributed by atoms with E-state index in [-0.39, 0.29) is 30.5 Å². The van der Waals surface area contributed by atoms with Gasteiger partial charge in [-0.1, -0.05) is 30.2 Å². The number of carbonyl (C=O) groups is 1. The molecule has 0 saturated carbocycles. The fraction of sp³-hybridized carbons (Fsp3) is 0.259. The summed E-state index contributed by atoms with van der Waals surface area (Å²) in [5.41, 5.74) is 4.79. The van der Waals surface area contributed by atoms with Crippen molar-refractivity contribution in [2.75, 3.05) is 23.8 Å². The minimum Gasteiger partial charge on any atom is -0.395 e. The molecule has 0 aliphatic heterocycles. The van der Waals surface area contributed by atoms with E-state index in [9.17, 15) is 9.90 Å². The highest BCUT2D eigenvalue weighted by molar-refractivity contribution is 5.98. The van der Waals surface area contributed by atoms with Gasteiger partial charge in [-0.3, -0.25) is 9.48 Å². The van der Waals surface area contributed by atoms with E-state index in [0.29, 0.717) is 13.0 Å². The van der Waals surface area contributed by atoms with Crippen LogP contribution in [0.2, 0.25) is 0 Å². The molecule has 10 nitrogen and oxygen atoms in total. The number of carbonyl (C=O) groups excluding carboxylic acids is 1. The van der Waals surface area contributed by atoms with Crippen LogP contribution in [0, 0.1) is 19.3 Å². The van der Waals surface area contributed by atoms with Crippen molar-refractivity contribution in [1.82, 2.24) is 25.1 Å². The third kappa shape index (κ3) is 4.82. The lowest BCUT2D eigenvalue weighted by atomic mass is 10.1. The number of aromatic nitrogens is 4. The van der Waals surface area contributed by atoms with Gasteiger partial charge in [-0.05, 0) is 35.7 Å². The quantitative estimate of drug-likeness (QED) is 0.234. The molecule has 37 heavy (non-hydrogen) atoms. The summed E-state index contributed by atoms with van der Waals surface area (Å²) in [5, 5.41) is 34.3. The summed E-state index contributed by atoms with van der Waals surface area (Å²) in [5.74, 6) is 2.71. The number of amides is 1. The number of aliphatic hydroxyl groups excluding tert-OH is 2. The van der Waals surface area contributed by atoms with Crippen LogP contribution in [0.4, 0.5) is 17.5 Å². The van der Waals surface area contributed by atoms with Gasteiger partial charge in [-0.2, -0.15) is 10.1 Å². The number of hydrogen-bond acceptors (Lipinski definition) is 8. The molecular weight excluding hydrogens is 470 g/mol. The van der Waals surface area contributed by atoms with Gasteiger partial charge in [0, 0.05) is 30.2 Å². The number of fused-ring (bicyclic) bond motifs is 2. The molecule has 1 amide bonds. The van der Waals surface area contributed by atoms with Crippen molar-refractivity contribution < 1.29 is 15.0 Å². The first-order chi connectivity index (χ1) is 18.0. The molecule has 5 rings (SSSR count). The first kappa shape index (κ1) is 24.2. The number of nitrogens with one attached hydrogen (secondary N) is 3. The van der Waals surface area contributed by atoms with Crippen LogP contribution in [0.25, 0.3) is 10.9 Å². The zero-order chi connectivity index (χ0) is 25.9. The molecule has 0 saturated heterocycles. The molecule has 10 heteroatoms. The number of rotatable bonds is 8. The Labute approximate surface area is 213 Å². The second-order valence-corrected chi connectivity index (χ2v) is 8.88. The summed E-state index contributed by atoms with van der Waals surface area (Å²) >= 11 is 0. The van der Waals surface area contributed by atoms with Crippen molar-refractivity contribution in [1.29, 1.82) is 0 Å². The minimum absolute atomic E-state index is 0.0950. The summed E-state index contributed by atoms with van der Waals surface area (Å²) in [6, 6.07) is 11.3. The topological polar surface area (TPSA) is 137 Å². The number of aryl methyl sites for hydroxylation is 1. The van der Waals surface area contributed by atoms with E-state index in [4.69, 9.17) is 11.5 Å². The molecule has 0 fully saturated rings. The molecule has 0 unspecified atom stereocenters. The standard InChI is InChI=1S/C27H27N7O3/c1-3-9-34-22-13-21(16(2)11-18(22)14-30-34)31-27-29-15-20(26(37)28-8-10-35)25(33-27)32-24-19-7-5-4-6-17(19)12-23(24)36/h1,4-7,11,13-15,23-24,35-36H,8-10,12H2,2H3,(H,28,37)(H2,29,31,32,33)/t23-,24+/m1/s1. The van der Waals surface area contributed by atoms with Gasteiger partial charge in [-0.25, -0.2) is 4.98 Å². The van der Waals surface area contributed by atoms with Crippen molar-refractivity contribution in [2.24, 2.45) is 0 Å². The van der Waals surface area contributed by atoms with Gasteiger partial charge in [0.05, 0.1) is 30.5 Å². The number of aliphatic hydroxyl groups is 2. The molecule has 2 atom stereocenters. The number of benzene rings is 2. The largest absolute Gasteiger partial charge is 0.395 e. The number of hydrogen-bond donors (Lipinski definition) is 5. The highest BCUT2D eigenvalue weighted by Gasteiger charge is 2.32. The van der Waals surface area contributed by atoms with Crippen molar-refractivity contribution in [3.8, 4) is 12.3 Å². The molecule has 5 N–H and O–H groups in total. The maximum absolute atomic E-state index is 12.8. The molecular formula is C27H27N7O3. The molecule has 0 bridgehead atoms. The van der Waals surface area contributed by atoms with E-state index >= 15 is 0 Å². The van der Waals surface area contributed by atoms with Crippen LogP contribution in [-0.4, -0.2) is 55.1 Å². The Bertz CT molecular complexity index is 1510. The van der Waals surface area contributed by atoms with Gasteiger partial charge >= 0.3 is 0 Å². The molecule has 2 heterocycles. The zero-order valence-corrected chi connectivity index (χ0v) is 20.3. The third-order valence-corrected chi connectivity index (χ3v) is 6.40. The zero-order valence-electron chi connectivity index (χ0n) is 20.3. The SMILES string of the molecule is C#CCn1ncc2cc(C)c(Nc3ncc(C(=O)NCCO)c(N[C@H]4c5ccccc5C[C@H]4O)n3)cc21. The van der Waals surface area contributed by atoms with Crippen LogP contribution < -0.4 is 16.0 Å². The van der Waals surface area contributed by atoms with Crippen LogP contribution in [0.1, 0.15) is 33.1 Å². The van der Waals surface area contributed by atoms with Crippen molar-refractivity contribution in [2.45, 2.75) is 32.0 Å². The third-order valence-electron chi connectivity index (χ3n) is 6.40. The normalized spacial score (nSPS) is 16.3. The smallest absolute Gasteiger partial charge is 0.256 e. The first-order valence-electron chi connectivity index (χ1n) is 11.9.